The molecule has 1 aliphatic carbocycles. The first-order valence-corrected chi connectivity index (χ1v) is 5.05. The zero-order chi connectivity index (χ0) is 8.27. The molecule has 0 radical (unpaired) electrons. The summed E-state index contributed by atoms with van der Waals surface area (Å²) < 4.78 is 0. The van der Waals surface area contributed by atoms with Crippen molar-refractivity contribution < 1.29 is 5.11 Å². The highest BCUT2D eigenvalue weighted by Crippen LogP contribution is 2.29. The second kappa shape index (κ2) is 4.54. The molecule has 1 atom stereocenters. The first kappa shape index (κ1) is 9.63. The van der Waals surface area contributed by atoms with E-state index < -0.39 is 10.9 Å². The summed E-state index contributed by atoms with van der Waals surface area (Å²) in [6.07, 6.45) is 5.36. The summed E-state index contributed by atoms with van der Waals surface area (Å²) in [5, 5.41) is 9.49. The monoisotopic (exact) mass is 196 g/mol. The third-order valence-corrected chi connectivity index (χ3v) is 2.91. The lowest BCUT2D eigenvalue weighted by atomic mass is 9.86. The Kier molecular flexibility index (Phi) is 3.97. The minimum Gasteiger partial charge on any atom is -0.390 e. The number of aliphatic hydroxyl groups is 1. The van der Waals surface area contributed by atoms with E-state index in [0.29, 0.717) is 5.92 Å². The lowest BCUT2D eigenvalue weighted by molar-refractivity contribution is 0.0961. The number of aliphatic hydroxyl groups excluding tert-OH is 1. The van der Waals surface area contributed by atoms with Crippen molar-refractivity contribution in [2.45, 2.75) is 43.0 Å². The zero-order valence-corrected chi connectivity index (χ0v) is 7.98. The molecule has 0 aromatic carbocycles. The van der Waals surface area contributed by atoms with Gasteiger partial charge in [0.25, 0.3) is 0 Å². The van der Waals surface area contributed by atoms with Crippen LogP contribution in [0.4, 0.5) is 0 Å². The number of alkyl halides is 2. The Bertz CT molecular complexity index is 111. The lowest BCUT2D eigenvalue weighted by Gasteiger charge is -2.26. The number of rotatable bonds is 2. The molecule has 66 valence electrons. The van der Waals surface area contributed by atoms with Gasteiger partial charge in [-0.25, -0.2) is 0 Å². The van der Waals surface area contributed by atoms with Gasteiger partial charge < -0.3 is 5.11 Å². The smallest absolute Gasteiger partial charge is 0.133 e. The van der Waals surface area contributed by atoms with E-state index in [-0.39, 0.29) is 0 Å². The average molecular weight is 197 g/mol. The van der Waals surface area contributed by atoms with Crippen LogP contribution in [0.2, 0.25) is 0 Å². The fourth-order valence-corrected chi connectivity index (χ4v) is 2.09. The molecule has 1 unspecified atom stereocenters. The Morgan fingerprint density at radius 2 is 1.64 bits per heavy atom. The SMILES string of the molecule is OC(C(Cl)Cl)C1CCCCC1. The first-order valence-electron chi connectivity index (χ1n) is 4.18. The van der Waals surface area contributed by atoms with Crippen molar-refractivity contribution >= 4 is 23.2 Å². The minimum absolute atomic E-state index is 0.337. The van der Waals surface area contributed by atoms with Crippen LogP contribution >= 0.6 is 23.2 Å². The summed E-state index contributed by atoms with van der Waals surface area (Å²) in [5.74, 6) is 0.337. The third-order valence-electron chi connectivity index (χ3n) is 2.39. The average Bonchev–Trinajstić information content (AvgIpc) is 2.05. The molecule has 1 saturated carbocycles. The molecule has 0 aliphatic heterocycles. The maximum Gasteiger partial charge on any atom is 0.133 e. The highest BCUT2D eigenvalue weighted by atomic mass is 35.5. The van der Waals surface area contributed by atoms with Crippen molar-refractivity contribution in [3.05, 3.63) is 0 Å². The maximum absolute atomic E-state index is 9.49. The molecule has 0 saturated heterocycles. The second-order valence-electron chi connectivity index (χ2n) is 3.22. The van der Waals surface area contributed by atoms with E-state index in [9.17, 15) is 5.11 Å². The first-order chi connectivity index (χ1) is 5.22. The van der Waals surface area contributed by atoms with E-state index in [1.807, 2.05) is 0 Å². The van der Waals surface area contributed by atoms with Gasteiger partial charge in [-0.05, 0) is 18.8 Å². The van der Waals surface area contributed by atoms with Gasteiger partial charge in [-0.1, -0.05) is 19.3 Å². The van der Waals surface area contributed by atoms with Crippen molar-refractivity contribution in [1.29, 1.82) is 0 Å². The molecule has 0 amide bonds. The van der Waals surface area contributed by atoms with Gasteiger partial charge in [0.15, 0.2) is 0 Å². The maximum atomic E-state index is 9.49. The van der Waals surface area contributed by atoms with Crippen LogP contribution < -0.4 is 0 Å². The summed E-state index contributed by atoms with van der Waals surface area (Å²) >= 11 is 11.2. The Hall–Kier alpha value is 0.540. The second-order valence-corrected chi connectivity index (χ2v) is 4.39. The van der Waals surface area contributed by atoms with Gasteiger partial charge in [0.1, 0.15) is 4.84 Å². The van der Waals surface area contributed by atoms with Crippen LogP contribution in [0.1, 0.15) is 32.1 Å². The standard InChI is InChI=1S/C8H14Cl2O/c9-8(10)7(11)6-4-2-1-3-5-6/h6-8,11H,1-5H2. The molecular weight excluding hydrogens is 183 g/mol. The van der Waals surface area contributed by atoms with E-state index in [2.05, 4.69) is 0 Å². The minimum atomic E-state index is -0.613. The molecule has 1 rings (SSSR count). The summed E-state index contributed by atoms with van der Waals surface area (Å²) in [7, 11) is 0. The molecule has 1 N–H and O–H groups in total. The summed E-state index contributed by atoms with van der Waals surface area (Å²) in [5.41, 5.74) is 0. The van der Waals surface area contributed by atoms with Gasteiger partial charge >= 0.3 is 0 Å². The van der Waals surface area contributed by atoms with Crippen LogP contribution in [0.5, 0.6) is 0 Å². The highest BCUT2D eigenvalue weighted by molar-refractivity contribution is 6.44. The molecule has 3 heteroatoms. The van der Waals surface area contributed by atoms with Crippen molar-refractivity contribution in [1.82, 2.24) is 0 Å². The van der Waals surface area contributed by atoms with Gasteiger partial charge in [-0.15, -0.1) is 23.2 Å². The summed E-state index contributed by atoms with van der Waals surface area (Å²) in [4.78, 5) is -0.613. The normalized spacial score (nSPS) is 24.0. The van der Waals surface area contributed by atoms with E-state index in [1.54, 1.807) is 0 Å². The van der Waals surface area contributed by atoms with Gasteiger partial charge in [-0.3, -0.25) is 0 Å². The fourth-order valence-electron chi connectivity index (χ4n) is 1.68. The van der Waals surface area contributed by atoms with Crippen LogP contribution in [0, 0.1) is 5.92 Å². The molecule has 0 aromatic heterocycles. The molecule has 0 aromatic rings. The van der Waals surface area contributed by atoms with Crippen molar-refractivity contribution in [2.75, 3.05) is 0 Å². The van der Waals surface area contributed by atoms with E-state index in [0.717, 1.165) is 12.8 Å². The quantitative estimate of drug-likeness (QED) is 0.675. The van der Waals surface area contributed by atoms with E-state index >= 15 is 0 Å². The van der Waals surface area contributed by atoms with Gasteiger partial charge in [0, 0.05) is 0 Å². The van der Waals surface area contributed by atoms with Crippen LogP contribution in [-0.2, 0) is 0 Å². The fraction of sp³-hybridized carbons (Fsp3) is 1.00. The topological polar surface area (TPSA) is 20.2 Å². The summed E-state index contributed by atoms with van der Waals surface area (Å²) in [6, 6.07) is 0. The van der Waals surface area contributed by atoms with Crippen molar-refractivity contribution in [3.8, 4) is 0 Å². The Balaban J connectivity index is 2.32. The molecule has 1 aliphatic rings. The highest BCUT2D eigenvalue weighted by Gasteiger charge is 2.25. The molecule has 1 fully saturated rings. The van der Waals surface area contributed by atoms with Gasteiger partial charge in [-0.2, -0.15) is 0 Å². The van der Waals surface area contributed by atoms with Crippen LogP contribution in [-0.4, -0.2) is 16.0 Å². The van der Waals surface area contributed by atoms with Gasteiger partial charge in [0.05, 0.1) is 6.10 Å². The Labute approximate surface area is 77.7 Å². The predicted octanol–water partition coefficient (Wildman–Crippen LogP) is 2.73. The zero-order valence-electron chi connectivity index (χ0n) is 6.47. The number of hydrogen-bond acceptors (Lipinski definition) is 1. The van der Waals surface area contributed by atoms with E-state index in [1.165, 1.54) is 19.3 Å². The van der Waals surface area contributed by atoms with Crippen LogP contribution in [0.15, 0.2) is 0 Å². The van der Waals surface area contributed by atoms with Crippen molar-refractivity contribution in [3.63, 3.8) is 0 Å². The van der Waals surface area contributed by atoms with Crippen LogP contribution in [0.3, 0.4) is 0 Å². The molecular formula is C8H14Cl2O. The number of halogens is 2. The molecule has 1 nitrogen and oxygen atoms in total. The van der Waals surface area contributed by atoms with Gasteiger partial charge in [0.2, 0.25) is 0 Å². The Morgan fingerprint density at radius 1 is 1.09 bits per heavy atom. The lowest BCUT2D eigenvalue weighted by Crippen LogP contribution is -2.28. The Morgan fingerprint density at radius 3 is 2.09 bits per heavy atom. The van der Waals surface area contributed by atoms with Crippen molar-refractivity contribution in [2.24, 2.45) is 5.92 Å². The van der Waals surface area contributed by atoms with Crippen LogP contribution in [0.25, 0.3) is 0 Å². The molecule has 11 heavy (non-hydrogen) atoms. The molecule has 0 bridgehead atoms. The predicted molar refractivity (Wildman–Crippen MR) is 48.1 cm³/mol. The van der Waals surface area contributed by atoms with E-state index in [4.69, 9.17) is 23.2 Å². The summed E-state index contributed by atoms with van der Waals surface area (Å²) in [6.45, 7) is 0. The molecule has 0 spiro atoms. The largest absolute Gasteiger partial charge is 0.390 e. The molecule has 0 heterocycles. The number of hydrogen-bond donors (Lipinski definition) is 1. The third kappa shape index (κ3) is 2.81.